The Balaban J connectivity index is 2.41. The van der Waals surface area contributed by atoms with Crippen molar-refractivity contribution < 1.29 is 19.1 Å². The summed E-state index contributed by atoms with van der Waals surface area (Å²) in [6.07, 6.45) is 1.20. The zero-order chi connectivity index (χ0) is 14.6. The van der Waals surface area contributed by atoms with Crippen molar-refractivity contribution in [2.24, 2.45) is 5.92 Å². The van der Waals surface area contributed by atoms with Crippen molar-refractivity contribution in [3.05, 3.63) is 11.6 Å². The molecule has 0 spiro atoms. The normalized spacial score (nSPS) is 16.9. The van der Waals surface area contributed by atoms with E-state index in [1.807, 2.05) is 27.7 Å². The molecule has 5 nitrogen and oxygen atoms in total. The number of likely N-dealkylation sites (tertiary alicyclic amines) is 1. The predicted molar refractivity (Wildman–Crippen MR) is 71.7 cm³/mol. The van der Waals surface area contributed by atoms with Crippen LogP contribution in [0.4, 0.5) is 4.79 Å². The molecule has 1 rings (SSSR count). The Morgan fingerprint density at radius 3 is 2.37 bits per heavy atom. The van der Waals surface area contributed by atoms with Gasteiger partial charge in [-0.1, -0.05) is 5.57 Å². The van der Waals surface area contributed by atoms with Crippen molar-refractivity contribution in [2.75, 3.05) is 19.7 Å². The van der Waals surface area contributed by atoms with E-state index in [0.717, 1.165) is 5.57 Å². The number of rotatable bonds is 3. The van der Waals surface area contributed by atoms with Gasteiger partial charge in [-0.05, 0) is 34.6 Å². The number of ether oxygens (including phenoxy) is 2. The fourth-order valence-electron chi connectivity index (χ4n) is 1.73. The second-order valence-corrected chi connectivity index (χ2v) is 5.72. The summed E-state index contributed by atoms with van der Waals surface area (Å²) in [5.74, 6) is -0.104. The lowest BCUT2D eigenvalue weighted by Crippen LogP contribution is -2.52. The van der Waals surface area contributed by atoms with Crippen LogP contribution in [0.3, 0.4) is 0 Å². The van der Waals surface area contributed by atoms with Crippen molar-refractivity contribution >= 4 is 12.1 Å². The average Bonchev–Trinajstić information content (AvgIpc) is 2.11. The zero-order valence-corrected chi connectivity index (χ0v) is 12.4. The van der Waals surface area contributed by atoms with Crippen molar-refractivity contribution in [2.45, 2.75) is 40.2 Å². The van der Waals surface area contributed by atoms with Gasteiger partial charge in [0.1, 0.15) is 5.60 Å². The Hall–Kier alpha value is -1.52. The van der Waals surface area contributed by atoms with Crippen LogP contribution in [0.2, 0.25) is 0 Å². The third-order valence-electron chi connectivity index (χ3n) is 2.81. The third-order valence-corrected chi connectivity index (χ3v) is 2.81. The predicted octanol–water partition coefficient (Wildman–Crippen LogP) is 2.36. The third kappa shape index (κ3) is 4.93. The van der Waals surface area contributed by atoms with Gasteiger partial charge in [-0.2, -0.15) is 0 Å². The topological polar surface area (TPSA) is 55.8 Å². The van der Waals surface area contributed by atoms with Crippen LogP contribution < -0.4 is 0 Å². The van der Waals surface area contributed by atoms with E-state index in [1.54, 1.807) is 11.8 Å². The van der Waals surface area contributed by atoms with Crippen LogP contribution in [0, 0.1) is 5.92 Å². The van der Waals surface area contributed by atoms with Gasteiger partial charge in [0.25, 0.3) is 0 Å². The Morgan fingerprint density at radius 2 is 1.89 bits per heavy atom. The van der Waals surface area contributed by atoms with Crippen LogP contribution in [0.25, 0.3) is 0 Å². The Labute approximate surface area is 114 Å². The minimum atomic E-state index is -0.474. The standard InChI is InChI=1S/C14H23NO4/c1-6-18-12(16)7-10(2)11-8-15(9-11)13(17)19-14(3,4)5/h7,11H,6,8-9H2,1-5H3/b10-7+. The van der Waals surface area contributed by atoms with E-state index in [-0.39, 0.29) is 18.0 Å². The minimum absolute atomic E-state index is 0.219. The van der Waals surface area contributed by atoms with Crippen molar-refractivity contribution in [1.29, 1.82) is 0 Å². The molecular formula is C14H23NO4. The first-order valence-corrected chi connectivity index (χ1v) is 6.55. The van der Waals surface area contributed by atoms with Gasteiger partial charge >= 0.3 is 12.1 Å². The molecule has 0 aromatic carbocycles. The van der Waals surface area contributed by atoms with Crippen molar-refractivity contribution in [3.63, 3.8) is 0 Å². The van der Waals surface area contributed by atoms with E-state index in [9.17, 15) is 9.59 Å². The summed E-state index contributed by atoms with van der Waals surface area (Å²) in [5, 5.41) is 0. The Bertz CT molecular complexity index is 375. The second kappa shape index (κ2) is 6.08. The maximum Gasteiger partial charge on any atom is 0.410 e. The number of amides is 1. The molecule has 0 aromatic heterocycles. The number of nitrogens with zero attached hydrogens (tertiary/aromatic N) is 1. The molecule has 19 heavy (non-hydrogen) atoms. The van der Waals surface area contributed by atoms with Crippen molar-refractivity contribution in [1.82, 2.24) is 4.90 Å². The van der Waals surface area contributed by atoms with E-state index in [0.29, 0.717) is 19.7 Å². The lowest BCUT2D eigenvalue weighted by molar-refractivity contribution is -0.137. The molecule has 0 saturated carbocycles. The summed E-state index contributed by atoms with van der Waals surface area (Å²) < 4.78 is 10.1. The molecule has 0 N–H and O–H groups in total. The van der Waals surface area contributed by atoms with Gasteiger partial charge in [-0.25, -0.2) is 9.59 Å². The lowest BCUT2D eigenvalue weighted by atomic mass is 9.92. The summed E-state index contributed by atoms with van der Waals surface area (Å²) in [6, 6.07) is 0. The van der Waals surface area contributed by atoms with Crippen LogP contribution in [-0.2, 0) is 14.3 Å². The summed E-state index contributed by atoms with van der Waals surface area (Å²) in [7, 11) is 0. The molecule has 1 fully saturated rings. The first kappa shape index (κ1) is 15.5. The summed E-state index contributed by atoms with van der Waals surface area (Å²) >= 11 is 0. The van der Waals surface area contributed by atoms with Gasteiger partial charge in [-0.3, -0.25) is 0 Å². The number of esters is 1. The highest BCUT2D eigenvalue weighted by Crippen LogP contribution is 2.25. The van der Waals surface area contributed by atoms with Crippen molar-refractivity contribution in [3.8, 4) is 0 Å². The Morgan fingerprint density at radius 1 is 1.32 bits per heavy atom. The SMILES string of the molecule is CCOC(=O)/C=C(\C)C1CN(C(=O)OC(C)(C)C)C1. The molecule has 0 aliphatic carbocycles. The number of carbonyl (C=O) groups excluding carboxylic acids is 2. The molecular weight excluding hydrogens is 246 g/mol. The number of hydrogen-bond donors (Lipinski definition) is 0. The van der Waals surface area contributed by atoms with E-state index >= 15 is 0 Å². The molecule has 1 aliphatic heterocycles. The van der Waals surface area contributed by atoms with E-state index in [1.165, 1.54) is 6.08 Å². The van der Waals surface area contributed by atoms with Crippen LogP contribution in [0.1, 0.15) is 34.6 Å². The van der Waals surface area contributed by atoms with Gasteiger partial charge in [0, 0.05) is 25.1 Å². The summed E-state index contributed by atoms with van der Waals surface area (Å²) in [4.78, 5) is 24.7. The fraction of sp³-hybridized carbons (Fsp3) is 0.714. The van der Waals surface area contributed by atoms with E-state index in [4.69, 9.17) is 9.47 Å². The van der Waals surface area contributed by atoms with Crippen LogP contribution >= 0.6 is 0 Å². The molecule has 5 heteroatoms. The first-order chi connectivity index (χ1) is 8.73. The number of carbonyl (C=O) groups is 2. The fourth-order valence-corrected chi connectivity index (χ4v) is 1.73. The molecule has 1 aliphatic rings. The molecule has 0 unspecified atom stereocenters. The van der Waals surface area contributed by atoms with Crippen LogP contribution in [-0.4, -0.2) is 42.3 Å². The van der Waals surface area contributed by atoms with Gasteiger partial charge < -0.3 is 14.4 Å². The van der Waals surface area contributed by atoms with Gasteiger partial charge in [0.05, 0.1) is 6.61 Å². The van der Waals surface area contributed by atoms with Gasteiger partial charge in [0.15, 0.2) is 0 Å². The van der Waals surface area contributed by atoms with E-state index in [2.05, 4.69) is 0 Å². The molecule has 0 radical (unpaired) electrons. The summed E-state index contributed by atoms with van der Waals surface area (Å²) in [6.45, 7) is 10.7. The monoisotopic (exact) mass is 269 g/mol. The molecule has 0 aromatic rings. The summed E-state index contributed by atoms with van der Waals surface area (Å²) in [5.41, 5.74) is 0.469. The molecule has 1 heterocycles. The van der Waals surface area contributed by atoms with Gasteiger partial charge in [-0.15, -0.1) is 0 Å². The molecule has 0 atom stereocenters. The van der Waals surface area contributed by atoms with Crippen LogP contribution in [0.15, 0.2) is 11.6 Å². The molecule has 0 bridgehead atoms. The highest BCUT2D eigenvalue weighted by molar-refractivity contribution is 5.83. The Kier molecular flexibility index (Phi) is 4.97. The minimum Gasteiger partial charge on any atom is -0.463 e. The quantitative estimate of drug-likeness (QED) is 0.583. The molecule has 1 amide bonds. The van der Waals surface area contributed by atoms with Crippen LogP contribution in [0.5, 0.6) is 0 Å². The van der Waals surface area contributed by atoms with Gasteiger partial charge in [0.2, 0.25) is 0 Å². The number of hydrogen-bond acceptors (Lipinski definition) is 4. The lowest BCUT2D eigenvalue weighted by Gasteiger charge is -2.40. The maximum atomic E-state index is 11.7. The maximum absolute atomic E-state index is 11.7. The van der Waals surface area contributed by atoms with E-state index < -0.39 is 5.60 Å². The smallest absolute Gasteiger partial charge is 0.410 e. The largest absolute Gasteiger partial charge is 0.463 e. The highest BCUT2D eigenvalue weighted by Gasteiger charge is 2.34. The zero-order valence-electron chi connectivity index (χ0n) is 12.4. The molecule has 1 saturated heterocycles. The first-order valence-electron chi connectivity index (χ1n) is 6.55. The second-order valence-electron chi connectivity index (χ2n) is 5.72. The highest BCUT2D eigenvalue weighted by atomic mass is 16.6. The molecule has 108 valence electrons. The average molecular weight is 269 g/mol.